The van der Waals surface area contributed by atoms with Gasteiger partial charge in [0, 0.05) is 6.54 Å². The zero-order valence-electron chi connectivity index (χ0n) is 9.49. The molecule has 0 amide bonds. The van der Waals surface area contributed by atoms with Crippen LogP contribution in [-0.2, 0) is 6.42 Å². The van der Waals surface area contributed by atoms with E-state index >= 15 is 0 Å². The van der Waals surface area contributed by atoms with Crippen molar-refractivity contribution >= 4 is 0 Å². The minimum absolute atomic E-state index is 0. The van der Waals surface area contributed by atoms with Crippen LogP contribution in [-0.4, -0.2) is 24.5 Å². The molecular formula is C13H22N2. The normalized spacial score (nSPS) is 17.1. The standard InChI is InChI=1S/C13H19N.H3N/c1-3-7-13(8-4-1)9-12-14-10-5-2-6-11-14;/h1,3-4,7-8H,2,5-6,9-12H2;1H3. The highest BCUT2D eigenvalue weighted by Gasteiger charge is 2.08. The highest BCUT2D eigenvalue weighted by molar-refractivity contribution is 5.14. The fraction of sp³-hybridized carbons (Fsp3) is 0.538. The Morgan fingerprint density at radius 3 is 2.27 bits per heavy atom. The first-order chi connectivity index (χ1) is 6.95. The van der Waals surface area contributed by atoms with Gasteiger partial charge < -0.3 is 11.1 Å². The Balaban J connectivity index is 0.00000112. The summed E-state index contributed by atoms with van der Waals surface area (Å²) >= 11 is 0. The molecule has 1 fully saturated rings. The van der Waals surface area contributed by atoms with E-state index in [1.165, 1.54) is 50.9 Å². The van der Waals surface area contributed by atoms with E-state index in [2.05, 4.69) is 35.2 Å². The smallest absolute Gasteiger partial charge is 0.00218 e. The van der Waals surface area contributed by atoms with Crippen LogP contribution in [0.4, 0.5) is 0 Å². The van der Waals surface area contributed by atoms with Crippen molar-refractivity contribution in [2.45, 2.75) is 25.7 Å². The average Bonchev–Trinajstić information content (AvgIpc) is 2.29. The summed E-state index contributed by atoms with van der Waals surface area (Å²) in [7, 11) is 0. The Hall–Kier alpha value is -0.860. The van der Waals surface area contributed by atoms with Crippen molar-refractivity contribution in [2.24, 2.45) is 0 Å². The van der Waals surface area contributed by atoms with Gasteiger partial charge in [0.05, 0.1) is 0 Å². The predicted octanol–water partition coefficient (Wildman–Crippen LogP) is 2.88. The quantitative estimate of drug-likeness (QED) is 0.825. The van der Waals surface area contributed by atoms with Crippen molar-refractivity contribution in [2.75, 3.05) is 19.6 Å². The number of rotatable bonds is 3. The van der Waals surface area contributed by atoms with Crippen molar-refractivity contribution in [3.8, 4) is 0 Å². The maximum Gasteiger partial charge on any atom is 0.00218 e. The molecule has 1 aromatic rings. The summed E-state index contributed by atoms with van der Waals surface area (Å²) in [6.07, 6.45) is 5.44. The monoisotopic (exact) mass is 206 g/mol. The third-order valence-electron chi connectivity index (χ3n) is 3.01. The Morgan fingerprint density at radius 1 is 0.933 bits per heavy atom. The summed E-state index contributed by atoms with van der Waals surface area (Å²) in [6, 6.07) is 10.8. The van der Waals surface area contributed by atoms with Crippen LogP contribution in [0.5, 0.6) is 0 Å². The molecule has 0 aliphatic carbocycles. The number of likely N-dealkylation sites (tertiary alicyclic amines) is 1. The molecule has 1 aromatic carbocycles. The van der Waals surface area contributed by atoms with Gasteiger partial charge >= 0.3 is 0 Å². The van der Waals surface area contributed by atoms with E-state index in [-0.39, 0.29) is 6.15 Å². The second-order valence-corrected chi connectivity index (χ2v) is 4.14. The molecule has 84 valence electrons. The average molecular weight is 206 g/mol. The van der Waals surface area contributed by atoms with Gasteiger partial charge in [0.1, 0.15) is 0 Å². The lowest BCUT2D eigenvalue weighted by molar-refractivity contribution is 0.231. The van der Waals surface area contributed by atoms with Gasteiger partial charge in [0.15, 0.2) is 0 Å². The van der Waals surface area contributed by atoms with Crippen molar-refractivity contribution < 1.29 is 0 Å². The lowest BCUT2D eigenvalue weighted by Gasteiger charge is -2.26. The number of hydrogen-bond acceptors (Lipinski definition) is 2. The zero-order chi connectivity index (χ0) is 9.64. The van der Waals surface area contributed by atoms with Crippen LogP contribution in [0.15, 0.2) is 30.3 Å². The zero-order valence-corrected chi connectivity index (χ0v) is 9.49. The van der Waals surface area contributed by atoms with Crippen LogP contribution in [0, 0.1) is 0 Å². The summed E-state index contributed by atoms with van der Waals surface area (Å²) < 4.78 is 0. The fourth-order valence-electron chi connectivity index (χ4n) is 2.11. The van der Waals surface area contributed by atoms with Gasteiger partial charge in [-0.15, -0.1) is 0 Å². The fourth-order valence-corrected chi connectivity index (χ4v) is 2.11. The van der Waals surface area contributed by atoms with Gasteiger partial charge in [-0.1, -0.05) is 36.8 Å². The molecule has 0 unspecified atom stereocenters. The van der Waals surface area contributed by atoms with Gasteiger partial charge in [0.2, 0.25) is 0 Å². The van der Waals surface area contributed by atoms with Gasteiger partial charge in [0.25, 0.3) is 0 Å². The number of benzene rings is 1. The summed E-state index contributed by atoms with van der Waals surface area (Å²) in [5, 5.41) is 0. The maximum absolute atomic E-state index is 2.59. The van der Waals surface area contributed by atoms with Crippen LogP contribution in [0.1, 0.15) is 24.8 Å². The van der Waals surface area contributed by atoms with E-state index in [4.69, 9.17) is 0 Å². The molecule has 0 spiro atoms. The highest BCUT2D eigenvalue weighted by Crippen LogP contribution is 2.09. The molecule has 1 saturated heterocycles. The number of nitrogens with zero attached hydrogens (tertiary/aromatic N) is 1. The largest absolute Gasteiger partial charge is 0.344 e. The van der Waals surface area contributed by atoms with E-state index in [0.717, 1.165) is 0 Å². The third-order valence-corrected chi connectivity index (χ3v) is 3.01. The van der Waals surface area contributed by atoms with Gasteiger partial charge in [-0.25, -0.2) is 0 Å². The highest BCUT2D eigenvalue weighted by atomic mass is 15.1. The molecule has 2 rings (SSSR count). The first kappa shape index (κ1) is 12.2. The van der Waals surface area contributed by atoms with E-state index in [9.17, 15) is 0 Å². The van der Waals surface area contributed by atoms with Gasteiger partial charge in [-0.2, -0.15) is 0 Å². The second-order valence-electron chi connectivity index (χ2n) is 4.14. The molecule has 3 N–H and O–H groups in total. The SMILES string of the molecule is N.c1ccc(CCN2CCCCC2)cc1. The number of hydrogen-bond donors (Lipinski definition) is 1. The minimum atomic E-state index is 0. The van der Waals surface area contributed by atoms with Crippen LogP contribution in [0.25, 0.3) is 0 Å². The first-order valence-electron chi connectivity index (χ1n) is 5.71. The molecule has 0 aromatic heterocycles. The van der Waals surface area contributed by atoms with E-state index in [0.29, 0.717) is 0 Å². The first-order valence-corrected chi connectivity index (χ1v) is 5.71. The van der Waals surface area contributed by atoms with Gasteiger partial charge in [-0.3, -0.25) is 0 Å². The summed E-state index contributed by atoms with van der Waals surface area (Å²) in [5.74, 6) is 0. The molecule has 0 saturated carbocycles. The molecule has 1 aliphatic rings. The van der Waals surface area contributed by atoms with Crippen molar-refractivity contribution in [3.63, 3.8) is 0 Å². The molecule has 0 bridgehead atoms. The Kier molecular flexibility index (Phi) is 5.37. The second kappa shape index (κ2) is 6.59. The molecule has 0 radical (unpaired) electrons. The molecule has 2 nitrogen and oxygen atoms in total. The van der Waals surface area contributed by atoms with Crippen LogP contribution >= 0.6 is 0 Å². The molecule has 1 aliphatic heterocycles. The summed E-state index contributed by atoms with van der Waals surface area (Å²) in [5.41, 5.74) is 1.47. The summed E-state index contributed by atoms with van der Waals surface area (Å²) in [4.78, 5) is 2.59. The van der Waals surface area contributed by atoms with Crippen molar-refractivity contribution in [3.05, 3.63) is 35.9 Å². The van der Waals surface area contributed by atoms with Gasteiger partial charge in [-0.05, 0) is 37.9 Å². The third kappa shape index (κ3) is 4.02. The molecular weight excluding hydrogens is 184 g/mol. The Labute approximate surface area is 92.9 Å². The topological polar surface area (TPSA) is 38.2 Å². The summed E-state index contributed by atoms with van der Waals surface area (Å²) in [6.45, 7) is 3.86. The van der Waals surface area contributed by atoms with Crippen molar-refractivity contribution in [1.82, 2.24) is 11.1 Å². The lowest BCUT2D eigenvalue weighted by Crippen LogP contribution is -2.31. The van der Waals surface area contributed by atoms with E-state index < -0.39 is 0 Å². The van der Waals surface area contributed by atoms with Crippen LogP contribution in [0.3, 0.4) is 0 Å². The molecule has 0 atom stereocenters. The Morgan fingerprint density at radius 2 is 1.60 bits per heavy atom. The molecule has 2 heteroatoms. The van der Waals surface area contributed by atoms with E-state index in [1.807, 2.05) is 0 Å². The lowest BCUT2D eigenvalue weighted by atomic mass is 10.1. The Bertz CT molecular complexity index is 252. The van der Waals surface area contributed by atoms with Crippen LogP contribution < -0.4 is 6.15 Å². The predicted molar refractivity (Wildman–Crippen MR) is 65.5 cm³/mol. The molecule has 1 heterocycles. The maximum atomic E-state index is 2.59. The van der Waals surface area contributed by atoms with E-state index in [1.54, 1.807) is 0 Å². The molecule has 15 heavy (non-hydrogen) atoms. The van der Waals surface area contributed by atoms with Crippen LogP contribution in [0.2, 0.25) is 0 Å². The number of piperidine rings is 1. The van der Waals surface area contributed by atoms with Crippen molar-refractivity contribution in [1.29, 1.82) is 0 Å². The minimum Gasteiger partial charge on any atom is -0.344 e.